The lowest BCUT2D eigenvalue weighted by Gasteiger charge is -2.40. The van der Waals surface area contributed by atoms with Gasteiger partial charge in [0.25, 0.3) is 5.91 Å². The normalized spacial score (nSPS) is 22.2. The lowest BCUT2D eigenvalue weighted by atomic mass is 9.83. The number of nitrogens with zero attached hydrogens (tertiary/aromatic N) is 1. The largest absolute Gasteiger partial charge is 0.507 e. The highest BCUT2D eigenvalue weighted by Crippen LogP contribution is 2.40. The number of phenols is 1. The van der Waals surface area contributed by atoms with Crippen molar-refractivity contribution in [1.82, 2.24) is 10.2 Å². The summed E-state index contributed by atoms with van der Waals surface area (Å²) < 4.78 is 7.38. The molecule has 4 N–H and O–H groups in total. The summed E-state index contributed by atoms with van der Waals surface area (Å²) in [6.45, 7) is 7.45. The molecule has 2 aliphatic rings. The number of carbonyl (C=O) groups is 1. The fraction of sp³-hybridized carbons (Fsp3) is 0.519. The van der Waals surface area contributed by atoms with Gasteiger partial charge in [0.2, 0.25) is 0 Å². The van der Waals surface area contributed by atoms with E-state index < -0.39 is 0 Å². The molecule has 1 fully saturated rings. The molecule has 2 aromatic rings. The minimum atomic E-state index is -0.145. The lowest BCUT2D eigenvalue weighted by molar-refractivity contribution is -0.0647. The molecule has 6 nitrogen and oxygen atoms in total. The third-order valence-corrected chi connectivity index (χ3v) is 7.87. The van der Waals surface area contributed by atoms with E-state index in [0.29, 0.717) is 23.8 Å². The van der Waals surface area contributed by atoms with Gasteiger partial charge >= 0.3 is 0 Å². The lowest BCUT2D eigenvalue weighted by Crippen LogP contribution is -2.43. The number of rotatable bonds is 7. The van der Waals surface area contributed by atoms with E-state index in [-0.39, 0.29) is 24.2 Å². The van der Waals surface area contributed by atoms with Crippen molar-refractivity contribution < 1.29 is 14.6 Å². The van der Waals surface area contributed by atoms with Gasteiger partial charge in [-0.1, -0.05) is 28.1 Å². The number of carbonyl (C=O) groups excluding carboxylic acids is 1. The predicted molar refractivity (Wildman–Crippen MR) is 138 cm³/mol. The number of hydrogen-bond acceptors (Lipinski definition) is 5. The maximum Gasteiger partial charge on any atom is 0.251 e. The average Bonchev–Trinajstić information content (AvgIpc) is 2.85. The molecular formula is C27H36BrN3O3. The van der Waals surface area contributed by atoms with Crippen molar-refractivity contribution in [3.05, 3.63) is 63.1 Å². The number of nitrogens with two attached hydrogens (primary N) is 1. The number of hydrogen-bond donors (Lipinski definition) is 3. The van der Waals surface area contributed by atoms with Crippen LogP contribution < -0.4 is 11.1 Å². The molecule has 0 spiro atoms. The summed E-state index contributed by atoms with van der Waals surface area (Å²) in [5, 5.41) is 13.8. The van der Waals surface area contributed by atoms with Crippen LogP contribution in [0, 0.1) is 12.8 Å². The zero-order valence-corrected chi connectivity index (χ0v) is 21.7. The summed E-state index contributed by atoms with van der Waals surface area (Å²) in [6.07, 6.45) is 3.77. The smallest absolute Gasteiger partial charge is 0.251 e. The molecule has 1 amide bonds. The zero-order valence-electron chi connectivity index (χ0n) is 20.1. The van der Waals surface area contributed by atoms with Crippen molar-refractivity contribution in [2.24, 2.45) is 11.7 Å². The second-order valence-electron chi connectivity index (χ2n) is 9.75. The van der Waals surface area contributed by atoms with Crippen LogP contribution >= 0.6 is 15.9 Å². The monoisotopic (exact) mass is 529 g/mol. The predicted octanol–water partition coefficient (Wildman–Crippen LogP) is 4.32. The summed E-state index contributed by atoms with van der Waals surface area (Å²) in [6, 6.07) is 11.5. The van der Waals surface area contributed by atoms with Crippen molar-refractivity contribution in [3.8, 4) is 5.75 Å². The molecular weight excluding hydrogens is 494 g/mol. The first kappa shape index (κ1) is 25.2. The van der Waals surface area contributed by atoms with Crippen LogP contribution in [0.4, 0.5) is 0 Å². The van der Waals surface area contributed by atoms with Crippen molar-refractivity contribution in [2.75, 3.05) is 26.2 Å². The molecule has 34 heavy (non-hydrogen) atoms. The maximum atomic E-state index is 12.4. The minimum absolute atomic E-state index is 0.0265. The maximum absolute atomic E-state index is 12.4. The van der Waals surface area contributed by atoms with Crippen LogP contribution in [-0.4, -0.2) is 54.2 Å². The van der Waals surface area contributed by atoms with Crippen molar-refractivity contribution in [3.63, 3.8) is 0 Å². The van der Waals surface area contributed by atoms with Crippen LogP contribution in [0.1, 0.15) is 59.3 Å². The number of fused-ring (bicyclic) bond motifs is 1. The Morgan fingerprint density at radius 3 is 2.62 bits per heavy atom. The third-order valence-electron chi connectivity index (χ3n) is 7.35. The third kappa shape index (κ3) is 5.82. The molecule has 1 saturated heterocycles. The summed E-state index contributed by atoms with van der Waals surface area (Å²) in [5.74, 6) is 0.843. The van der Waals surface area contributed by atoms with E-state index >= 15 is 0 Å². The van der Waals surface area contributed by atoms with Crippen LogP contribution in [0.25, 0.3) is 0 Å². The van der Waals surface area contributed by atoms with E-state index in [9.17, 15) is 9.90 Å². The van der Waals surface area contributed by atoms with Gasteiger partial charge in [-0.3, -0.25) is 4.79 Å². The van der Waals surface area contributed by atoms with Gasteiger partial charge < -0.3 is 25.8 Å². The van der Waals surface area contributed by atoms with Gasteiger partial charge in [-0.05, 0) is 87.5 Å². The molecule has 2 aliphatic heterocycles. The number of halogens is 1. The Bertz CT molecular complexity index is 989. The van der Waals surface area contributed by atoms with Gasteiger partial charge in [-0.25, -0.2) is 0 Å². The van der Waals surface area contributed by atoms with E-state index in [1.807, 2.05) is 37.3 Å². The van der Waals surface area contributed by atoms with Crippen LogP contribution in [0.2, 0.25) is 0 Å². The highest BCUT2D eigenvalue weighted by Gasteiger charge is 2.35. The second-order valence-corrected chi connectivity index (χ2v) is 10.7. The number of aryl methyl sites for hydroxylation is 1. The molecule has 2 heterocycles. The van der Waals surface area contributed by atoms with Crippen molar-refractivity contribution in [2.45, 2.75) is 57.8 Å². The van der Waals surface area contributed by atoms with Gasteiger partial charge in [0.1, 0.15) is 5.75 Å². The highest BCUT2D eigenvalue weighted by atomic mass is 79.9. The van der Waals surface area contributed by atoms with Gasteiger partial charge in [0, 0.05) is 41.2 Å². The van der Waals surface area contributed by atoms with Gasteiger partial charge in [0.15, 0.2) is 0 Å². The van der Waals surface area contributed by atoms with Gasteiger partial charge in [0.05, 0.1) is 12.2 Å². The number of benzene rings is 2. The summed E-state index contributed by atoms with van der Waals surface area (Å²) in [4.78, 5) is 14.9. The molecule has 2 aromatic carbocycles. The van der Waals surface area contributed by atoms with Gasteiger partial charge in [-0.2, -0.15) is 0 Å². The van der Waals surface area contributed by atoms with Crippen LogP contribution in [0.3, 0.4) is 0 Å². The summed E-state index contributed by atoms with van der Waals surface area (Å²) in [5.41, 5.74) is 9.67. The topological polar surface area (TPSA) is 87.8 Å². The quantitative estimate of drug-likeness (QED) is 0.496. The fourth-order valence-electron chi connectivity index (χ4n) is 5.18. The minimum Gasteiger partial charge on any atom is -0.507 e. The van der Waals surface area contributed by atoms with Crippen LogP contribution in [-0.2, 0) is 11.2 Å². The SMILES string of the molecule is Cc1ccc2c(c1O)C[C@@H](C1CCN(CCC(C)NC(=O)c3ccc(Br)cc3)CC1)O[C@H]2CN. The molecule has 0 bridgehead atoms. The highest BCUT2D eigenvalue weighted by molar-refractivity contribution is 9.10. The first-order chi connectivity index (χ1) is 16.4. The van der Waals surface area contributed by atoms with E-state index in [4.69, 9.17) is 10.5 Å². The Kier molecular flexibility index (Phi) is 8.30. The van der Waals surface area contributed by atoms with Gasteiger partial charge in [-0.15, -0.1) is 0 Å². The number of ether oxygens (including phenoxy) is 1. The average molecular weight is 531 g/mol. The summed E-state index contributed by atoms with van der Waals surface area (Å²) in [7, 11) is 0. The Hall–Kier alpha value is -1.93. The van der Waals surface area contributed by atoms with Crippen LogP contribution in [0.15, 0.2) is 40.9 Å². The van der Waals surface area contributed by atoms with Crippen molar-refractivity contribution in [1.29, 1.82) is 0 Å². The van der Waals surface area contributed by atoms with E-state index in [1.54, 1.807) is 0 Å². The van der Waals surface area contributed by atoms with Crippen molar-refractivity contribution >= 4 is 21.8 Å². The van der Waals surface area contributed by atoms with Crippen LogP contribution in [0.5, 0.6) is 5.75 Å². The molecule has 3 atom stereocenters. The number of phenolic OH excluding ortho intramolecular Hbond substituents is 1. The van der Waals surface area contributed by atoms with E-state index in [1.165, 1.54) is 0 Å². The fourth-order valence-corrected chi connectivity index (χ4v) is 5.45. The van der Waals surface area contributed by atoms with E-state index in [2.05, 4.69) is 39.1 Å². The number of nitrogens with one attached hydrogen (secondary N) is 1. The molecule has 1 unspecified atom stereocenters. The number of likely N-dealkylation sites (tertiary alicyclic amines) is 1. The summed E-state index contributed by atoms with van der Waals surface area (Å²) >= 11 is 3.40. The zero-order chi connectivity index (χ0) is 24.2. The van der Waals surface area contributed by atoms with E-state index in [0.717, 1.165) is 66.5 Å². The Balaban J connectivity index is 1.25. The number of aromatic hydroxyl groups is 1. The molecule has 0 aliphatic carbocycles. The number of piperidine rings is 1. The molecule has 7 heteroatoms. The first-order valence-electron chi connectivity index (χ1n) is 12.3. The Labute approximate surface area is 211 Å². The molecule has 184 valence electrons. The molecule has 0 aromatic heterocycles. The molecule has 0 saturated carbocycles. The number of amides is 1. The Morgan fingerprint density at radius 2 is 1.94 bits per heavy atom. The molecule has 4 rings (SSSR count). The standard InChI is InChI=1S/C27H36BrN3O3/c1-17-3-8-22-23(26(17)32)15-24(34-25(22)16-29)19-10-13-31(14-11-19)12-9-18(2)30-27(33)20-4-6-21(28)7-5-20/h3-8,18-19,24-25,32H,9-16,29H2,1-2H3,(H,30,33)/t18?,24-,25-/m0/s1. The first-order valence-corrected chi connectivity index (χ1v) is 13.1. The molecule has 0 radical (unpaired) electrons. The second kappa shape index (κ2) is 11.2. The Morgan fingerprint density at radius 1 is 1.24 bits per heavy atom.